The van der Waals surface area contributed by atoms with Crippen LogP contribution >= 0.6 is 27.3 Å². The van der Waals surface area contributed by atoms with Crippen molar-refractivity contribution in [3.8, 4) is 0 Å². The van der Waals surface area contributed by atoms with Crippen LogP contribution in [0, 0.1) is 0 Å². The van der Waals surface area contributed by atoms with Gasteiger partial charge in [0, 0.05) is 11.1 Å². The minimum atomic E-state index is -3.64. The van der Waals surface area contributed by atoms with Gasteiger partial charge in [-0.3, -0.25) is 0 Å². The van der Waals surface area contributed by atoms with Gasteiger partial charge in [-0.15, -0.1) is 11.3 Å². The number of aliphatic hydroxyl groups is 1. The molecular weight excluding hydrogens is 354 g/mol. The second kappa shape index (κ2) is 6.06. The maximum atomic E-state index is 12.1. The number of hydrogen-bond donors (Lipinski definition) is 2. The summed E-state index contributed by atoms with van der Waals surface area (Å²) in [6.45, 7) is -0.129. The number of nitrogens with one attached hydrogen (secondary N) is 1. The quantitative estimate of drug-likeness (QED) is 0.834. The van der Waals surface area contributed by atoms with Gasteiger partial charge in [0.05, 0.1) is 22.6 Å². The van der Waals surface area contributed by atoms with E-state index in [9.17, 15) is 8.42 Å². The number of hydrogen-bond acceptors (Lipinski definition) is 6. The van der Waals surface area contributed by atoms with Crippen LogP contribution in [0.5, 0.6) is 0 Å². The zero-order valence-electron chi connectivity index (χ0n) is 9.58. The summed E-state index contributed by atoms with van der Waals surface area (Å²) in [6.07, 6.45) is 1.51. The lowest BCUT2D eigenvalue weighted by Gasteiger charge is -2.04. The Labute approximate surface area is 122 Å². The lowest BCUT2D eigenvalue weighted by molar-refractivity contribution is 0.285. The maximum absolute atomic E-state index is 12.1. The molecule has 0 aliphatic heterocycles. The molecule has 0 aliphatic rings. The highest BCUT2D eigenvalue weighted by Crippen LogP contribution is 2.31. The highest BCUT2D eigenvalue weighted by Gasteiger charge is 2.20. The molecule has 0 spiro atoms. The topological polar surface area (TPSA) is 92.2 Å². The third-order valence-corrected chi connectivity index (χ3v) is 5.86. The van der Waals surface area contributed by atoms with Gasteiger partial charge in [-0.1, -0.05) is 0 Å². The van der Waals surface area contributed by atoms with E-state index < -0.39 is 10.0 Å². The Morgan fingerprint density at radius 2 is 2.26 bits per heavy atom. The fourth-order valence-corrected chi connectivity index (χ4v) is 4.87. The first-order valence-corrected chi connectivity index (χ1v) is 8.27. The van der Waals surface area contributed by atoms with E-state index in [0.717, 1.165) is 0 Å². The summed E-state index contributed by atoms with van der Waals surface area (Å²) in [5, 5.41) is 16.5. The summed E-state index contributed by atoms with van der Waals surface area (Å²) in [4.78, 5) is 0.692. The molecule has 6 nitrogen and oxygen atoms in total. The van der Waals surface area contributed by atoms with Gasteiger partial charge in [0.15, 0.2) is 0 Å². The average Bonchev–Trinajstić information content (AvgIpc) is 2.80. The number of aromatic nitrogens is 2. The number of nitrogens with zero attached hydrogens (tertiary/aromatic N) is 2. The van der Waals surface area contributed by atoms with E-state index in [-0.39, 0.29) is 18.0 Å². The molecule has 0 aromatic carbocycles. The molecule has 102 valence electrons. The minimum absolute atomic E-state index is 0.0624. The smallest absolute Gasteiger partial charge is 0.242 e. The molecule has 2 aromatic heterocycles. The molecule has 2 rings (SSSR count). The van der Waals surface area contributed by atoms with Gasteiger partial charge in [0.1, 0.15) is 4.90 Å². The van der Waals surface area contributed by atoms with Crippen molar-refractivity contribution in [3.63, 3.8) is 0 Å². The van der Waals surface area contributed by atoms with Crippen LogP contribution in [0.3, 0.4) is 0 Å². The van der Waals surface area contributed by atoms with E-state index in [0.29, 0.717) is 14.4 Å². The normalized spacial score (nSPS) is 11.7. The van der Waals surface area contributed by atoms with Crippen molar-refractivity contribution in [2.75, 3.05) is 0 Å². The van der Waals surface area contributed by atoms with Crippen LogP contribution in [0.4, 0.5) is 0 Å². The maximum Gasteiger partial charge on any atom is 0.242 e. The van der Waals surface area contributed by atoms with E-state index in [4.69, 9.17) is 5.11 Å². The molecule has 9 heteroatoms. The molecule has 19 heavy (non-hydrogen) atoms. The highest BCUT2D eigenvalue weighted by molar-refractivity contribution is 9.11. The molecule has 0 saturated carbocycles. The van der Waals surface area contributed by atoms with Gasteiger partial charge >= 0.3 is 0 Å². The van der Waals surface area contributed by atoms with Gasteiger partial charge in [-0.25, -0.2) is 13.1 Å². The zero-order chi connectivity index (χ0) is 13.9. The average molecular weight is 364 g/mol. The lowest BCUT2D eigenvalue weighted by Crippen LogP contribution is -2.23. The fourth-order valence-electron chi connectivity index (χ4n) is 1.33. The van der Waals surface area contributed by atoms with Crippen LogP contribution in [0.2, 0.25) is 0 Å². The first-order valence-electron chi connectivity index (χ1n) is 5.18. The molecule has 2 aromatic rings. The molecule has 0 aliphatic carbocycles. The molecule has 2 heterocycles. The molecule has 2 N–H and O–H groups in total. The van der Waals surface area contributed by atoms with Crippen molar-refractivity contribution in [1.29, 1.82) is 0 Å². The SMILES string of the molecule is O=S(=O)(NCc1cccnn1)c1cc(CO)sc1Br. The van der Waals surface area contributed by atoms with E-state index in [1.165, 1.54) is 23.6 Å². The van der Waals surface area contributed by atoms with Gasteiger partial charge in [0.25, 0.3) is 0 Å². The first-order chi connectivity index (χ1) is 9.03. The number of sulfonamides is 1. The van der Waals surface area contributed by atoms with E-state index >= 15 is 0 Å². The minimum Gasteiger partial charge on any atom is -0.391 e. The largest absolute Gasteiger partial charge is 0.391 e. The van der Waals surface area contributed by atoms with Gasteiger partial charge in [-0.2, -0.15) is 10.2 Å². The zero-order valence-corrected chi connectivity index (χ0v) is 12.8. The molecular formula is C10H10BrN3O3S2. The Morgan fingerprint density at radius 1 is 1.47 bits per heavy atom. The second-order valence-corrected chi connectivity index (χ2v) is 7.74. The Morgan fingerprint density at radius 3 is 2.84 bits per heavy atom. The van der Waals surface area contributed by atoms with Crippen LogP contribution < -0.4 is 4.72 Å². The van der Waals surface area contributed by atoms with Crippen molar-refractivity contribution in [3.05, 3.63) is 38.8 Å². The number of aliphatic hydroxyl groups excluding tert-OH is 1. The Bertz CT molecular complexity index is 658. The molecule has 0 bridgehead atoms. The third-order valence-electron chi connectivity index (χ3n) is 2.22. The van der Waals surface area contributed by atoms with Crippen molar-refractivity contribution >= 4 is 37.3 Å². The standard InChI is InChI=1S/C10H10BrN3O3S2/c11-10-9(4-8(6-15)18-10)19(16,17)13-5-7-2-1-3-12-14-7/h1-4,13,15H,5-6H2. The molecule has 0 radical (unpaired) electrons. The van der Waals surface area contributed by atoms with Gasteiger partial charge < -0.3 is 5.11 Å². The summed E-state index contributed by atoms with van der Waals surface area (Å²) in [7, 11) is -3.64. The van der Waals surface area contributed by atoms with Crippen LogP contribution in [-0.2, 0) is 23.2 Å². The second-order valence-electron chi connectivity index (χ2n) is 3.55. The van der Waals surface area contributed by atoms with Gasteiger partial charge in [-0.05, 0) is 34.1 Å². The molecule has 0 fully saturated rings. The van der Waals surface area contributed by atoms with Crippen LogP contribution in [-0.4, -0.2) is 23.7 Å². The van der Waals surface area contributed by atoms with E-state index in [1.807, 2.05) is 0 Å². The van der Waals surface area contributed by atoms with E-state index in [2.05, 4.69) is 30.8 Å². The van der Waals surface area contributed by atoms with Crippen molar-refractivity contribution in [2.45, 2.75) is 18.0 Å². The van der Waals surface area contributed by atoms with Crippen LogP contribution in [0.1, 0.15) is 10.6 Å². The number of thiophene rings is 1. The first kappa shape index (κ1) is 14.5. The molecule has 0 atom stereocenters. The van der Waals surface area contributed by atoms with Crippen molar-refractivity contribution < 1.29 is 13.5 Å². The highest BCUT2D eigenvalue weighted by atomic mass is 79.9. The summed E-state index contributed by atoms with van der Waals surface area (Å²) in [5.74, 6) is 0. The van der Waals surface area contributed by atoms with Crippen molar-refractivity contribution in [1.82, 2.24) is 14.9 Å². The number of rotatable bonds is 5. The summed E-state index contributed by atoms with van der Waals surface area (Å²) >= 11 is 4.36. The molecule has 0 amide bonds. The number of halogens is 1. The van der Waals surface area contributed by atoms with E-state index in [1.54, 1.807) is 12.1 Å². The predicted octanol–water partition coefficient (Wildman–Crippen LogP) is 1.27. The predicted molar refractivity (Wildman–Crippen MR) is 74.0 cm³/mol. The Kier molecular flexibility index (Phi) is 4.63. The summed E-state index contributed by atoms with van der Waals surface area (Å²) in [5.41, 5.74) is 0.528. The van der Waals surface area contributed by atoms with Crippen molar-refractivity contribution in [2.24, 2.45) is 0 Å². The molecule has 0 saturated heterocycles. The Balaban J connectivity index is 2.16. The monoisotopic (exact) mass is 363 g/mol. The van der Waals surface area contributed by atoms with Crippen LogP contribution in [0.25, 0.3) is 0 Å². The third kappa shape index (κ3) is 3.57. The van der Waals surface area contributed by atoms with Crippen LogP contribution in [0.15, 0.2) is 33.1 Å². The summed E-state index contributed by atoms with van der Waals surface area (Å²) in [6, 6.07) is 4.80. The fraction of sp³-hybridized carbons (Fsp3) is 0.200. The molecule has 0 unspecified atom stereocenters. The lowest BCUT2D eigenvalue weighted by atomic mass is 10.4. The summed E-state index contributed by atoms with van der Waals surface area (Å²) < 4.78 is 27.1. The van der Waals surface area contributed by atoms with Gasteiger partial charge in [0.2, 0.25) is 10.0 Å². The Hall–Kier alpha value is -0.870.